The predicted octanol–water partition coefficient (Wildman–Crippen LogP) is 4.10. The van der Waals surface area contributed by atoms with E-state index in [9.17, 15) is 4.79 Å². The molecule has 2 nitrogen and oxygen atoms in total. The second-order valence-corrected chi connectivity index (χ2v) is 6.72. The van der Waals surface area contributed by atoms with Gasteiger partial charge in [-0.15, -0.1) is 0 Å². The number of benzene rings is 1. The van der Waals surface area contributed by atoms with E-state index in [4.69, 9.17) is 23.2 Å². The lowest BCUT2D eigenvalue weighted by Gasteiger charge is -2.39. The monoisotopic (exact) mass is 297 g/mol. The van der Waals surface area contributed by atoms with Crippen molar-refractivity contribution in [1.82, 2.24) is 5.32 Å². The molecule has 2 saturated heterocycles. The molecule has 3 atom stereocenters. The number of Topliss-reactive ketones (excluding diaryl/α,β-unsaturated/α-hetero) is 1. The number of carbonyl (C=O) groups excluding carboxylic acids is 1. The summed E-state index contributed by atoms with van der Waals surface area (Å²) in [6.07, 6.45) is 4.32. The number of hydrogen-bond acceptors (Lipinski definition) is 2. The minimum Gasteiger partial charge on any atom is -0.310 e. The lowest BCUT2D eigenvalue weighted by Crippen LogP contribution is -2.51. The zero-order valence-electron chi connectivity index (χ0n) is 10.9. The molecule has 0 unspecified atom stereocenters. The summed E-state index contributed by atoms with van der Waals surface area (Å²) in [5, 5.41) is 4.52. The van der Waals surface area contributed by atoms with E-state index in [0.29, 0.717) is 27.7 Å². The SMILES string of the molecule is C[C@]1(C(=O)c2ccc(Cl)c(Cl)c2)CC[C@@H]2CC[C@H]1N2. The molecule has 1 aromatic rings. The van der Waals surface area contributed by atoms with E-state index >= 15 is 0 Å². The average molecular weight is 298 g/mol. The average Bonchev–Trinajstić information content (AvgIpc) is 2.82. The van der Waals surface area contributed by atoms with Gasteiger partial charge in [0.2, 0.25) is 0 Å². The summed E-state index contributed by atoms with van der Waals surface area (Å²) in [4.78, 5) is 12.8. The van der Waals surface area contributed by atoms with Gasteiger partial charge in [-0.2, -0.15) is 0 Å². The van der Waals surface area contributed by atoms with Gasteiger partial charge < -0.3 is 5.32 Å². The van der Waals surface area contributed by atoms with E-state index in [2.05, 4.69) is 12.2 Å². The largest absolute Gasteiger partial charge is 0.310 e. The minimum absolute atomic E-state index is 0.184. The van der Waals surface area contributed by atoms with Crippen LogP contribution in [0.5, 0.6) is 0 Å². The van der Waals surface area contributed by atoms with Gasteiger partial charge in [-0.25, -0.2) is 0 Å². The second kappa shape index (κ2) is 4.76. The van der Waals surface area contributed by atoms with E-state index in [1.54, 1.807) is 18.2 Å². The van der Waals surface area contributed by atoms with Gasteiger partial charge in [0.05, 0.1) is 10.0 Å². The Kier molecular flexibility index (Phi) is 3.36. The van der Waals surface area contributed by atoms with Crippen LogP contribution in [0, 0.1) is 5.41 Å². The minimum atomic E-state index is -0.315. The van der Waals surface area contributed by atoms with Crippen LogP contribution in [-0.2, 0) is 0 Å². The quantitative estimate of drug-likeness (QED) is 0.833. The van der Waals surface area contributed by atoms with Crippen molar-refractivity contribution in [1.29, 1.82) is 0 Å². The maximum atomic E-state index is 12.8. The fraction of sp³-hybridized carbons (Fsp3) is 0.533. The number of rotatable bonds is 2. The summed E-state index contributed by atoms with van der Waals surface area (Å²) in [6.45, 7) is 2.08. The van der Waals surface area contributed by atoms with Crippen LogP contribution >= 0.6 is 23.2 Å². The van der Waals surface area contributed by atoms with Crippen molar-refractivity contribution >= 4 is 29.0 Å². The van der Waals surface area contributed by atoms with Crippen molar-refractivity contribution in [2.75, 3.05) is 0 Å². The number of ketones is 1. The molecule has 0 saturated carbocycles. The Hall–Kier alpha value is -0.570. The number of halogens is 2. The topological polar surface area (TPSA) is 29.1 Å². The van der Waals surface area contributed by atoms with E-state index in [-0.39, 0.29) is 11.2 Å². The number of fused-ring (bicyclic) bond motifs is 2. The lowest BCUT2D eigenvalue weighted by molar-refractivity contribution is 0.0694. The number of hydrogen-bond donors (Lipinski definition) is 1. The fourth-order valence-corrected chi connectivity index (χ4v) is 3.73. The third-order valence-electron chi connectivity index (χ3n) is 4.72. The molecule has 102 valence electrons. The molecule has 2 aliphatic rings. The van der Waals surface area contributed by atoms with Crippen molar-refractivity contribution < 1.29 is 4.79 Å². The molecule has 2 bridgehead atoms. The van der Waals surface area contributed by atoms with Crippen LogP contribution in [0.4, 0.5) is 0 Å². The molecule has 0 spiro atoms. The molecule has 1 aromatic carbocycles. The Balaban J connectivity index is 1.92. The van der Waals surface area contributed by atoms with E-state index in [0.717, 1.165) is 19.3 Å². The van der Waals surface area contributed by atoms with Gasteiger partial charge in [0.1, 0.15) is 0 Å². The molecule has 2 fully saturated rings. The molecule has 0 amide bonds. The maximum Gasteiger partial charge on any atom is 0.170 e. The van der Waals surface area contributed by atoms with Crippen molar-refractivity contribution in [2.45, 2.75) is 44.7 Å². The third kappa shape index (κ3) is 2.20. The van der Waals surface area contributed by atoms with Crippen LogP contribution in [0.1, 0.15) is 43.0 Å². The molecule has 0 radical (unpaired) electrons. The second-order valence-electron chi connectivity index (χ2n) is 5.91. The first-order valence-electron chi connectivity index (χ1n) is 6.76. The maximum absolute atomic E-state index is 12.8. The van der Waals surface area contributed by atoms with Crippen molar-refractivity contribution in [3.63, 3.8) is 0 Å². The highest BCUT2D eigenvalue weighted by atomic mass is 35.5. The first-order valence-corrected chi connectivity index (χ1v) is 7.52. The summed E-state index contributed by atoms with van der Waals surface area (Å²) in [5.74, 6) is 0.184. The molecule has 19 heavy (non-hydrogen) atoms. The van der Waals surface area contributed by atoms with E-state index in [1.165, 1.54) is 6.42 Å². The predicted molar refractivity (Wildman–Crippen MR) is 78.1 cm³/mol. The van der Waals surface area contributed by atoms with Crippen molar-refractivity contribution in [3.8, 4) is 0 Å². The third-order valence-corrected chi connectivity index (χ3v) is 5.46. The summed E-state index contributed by atoms with van der Waals surface area (Å²) < 4.78 is 0. The number of carbonyl (C=O) groups is 1. The number of piperidine rings is 1. The molecule has 1 N–H and O–H groups in total. The molecule has 3 rings (SSSR count). The molecule has 0 aromatic heterocycles. The van der Waals surface area contributed by atoms with Crippen LogP contribution < -0.4 is 5.32 Å². The first-order chi connectivity index (χ1) is 9.00. The normalized spacial score (nSPS) is 33.4. The zero-order valence-corrected chi connectivity index (χ0v) is 12.4. The highest BCUT2D eigenvalue weighted by Crippen LogP contribution is 2.43. The van der Waals surface area contributed by atoms with Crippen LogP contribution in [0.3, 0.4) is 0 Å². The Morgan fingerprint density at radius 1 is 1.26 bits per heavy atom. The highest BCUT2D eigenvalue weighted by Gasteiger charge is 2.48. The Morgan fingerprint density at radius 2 is 2.05 bits per heavy atom. The standard InChI is InChI=1S/C15H17Cl2NO/c1-15(7-6-10-3-5-13(15)18-10)14(19)9-2-4-11(16)12(17)8-9/h2,4,8,10,13,18H,3,5-7H2,1H3/t10-,13+,15-/m0/s1. The van der Waals surface area contributed by atoms with Crippen LogP contribution in [0.15, 0.2) is 18.2 Å². The summed E-state index contributed by atoms with van der Waals surface area (Å²) >= 11 is 11.9. The van der Waals surface area contributed by atoms with Crippen LogP contribution in [0.25, 0.3) is 0 Å². The van der Waals surface area contributed by atoms with Crippen molar-refractivity contribution in [2.24, 2.45) is 5.41 Å². The molecule has 2 heterocycles. The van der Waals surface area contributed by atoms with E-state index in [1.807, 2.05) is 0 Å². The molecular formula is C15H17Cl2NO. The fourth-order valence-electron chi connectivity index (χ4n) is 3.44. The van der Waals surface area contributed by atoms with Crippen LogP contribution in [-0.4, -0.2) is 17.9 Å². The lowest BCUT2D eigenvalue weighted by atomic mass is 9.71. The Morgan fingerprint density at radius 3 is 2.79 bits per heavy atom. The van der Waals surface area contributed by atoms with Gasteiger partial charge in [0, 0.05) is 23.1 Å². The smallest absolute Gasteiger partial charge is 0.170 e. The van der Waals surface area contributed by atoms with E-state index < -0.39 is 0 Å². The van der Waals surface area contributed by atoms with Gasteiger partial charge >= 0.3 is 0 Å². The molecule has 2 aliphatic heterocycles. The highest BCUT2D eigenvalue weighted by molar-refractivity contribution is 6.42. The van der Waals surface area contributed by atoms with Crippen LogP contribution in [0.2, 0.25) is 10.0 Å². The molecule has 4 heteroatoms. The summed E-state index contributed by atoms with van der Waals surface area (Å²) in [7, 11) is 0. The molecule has 0 aliphatic carbocycles. The molecular weight excluding hydrogens is 281 g/mol. The van der Waals surface area contributed by atoms with Gasteiger partial charge in [0.25, 0.3) is 0 Å². The zero-order chi connectivity index (χ0) is 13.6. The van der Waals surface area contributed by atoms with Gasteiger partial charge in [-0.1, -0.05) is 30.1 Å². The van der Waals surface area contributed by atoms with Crippen molar-refractivity contribution in [3.05, 3.63) is 33.8 Å². The summed E-state index contributed by atoms with van der Waals surface area (Å²) in [6, 6.07) is 6.09. The Bertz CT molecular complexity index is 531. The summed E-state index contributed by atoms with van der Waals surface area (Å²) in [5.41, 5.74) is 0.355. The Labute approximate surface area is 123 Å². The van der Waals surface area contributed by atoms with Gasteiger partial charge in [-0.05, 0) is 43.9 Å². The van der Waals surface area contributed by atoms with Gasteiger partial charge in [0.15, 0.2) is 5.78 Å². The van der Waals surface area contributed by atoms with Gasteiger partial charge in [-0.3, -0.25) is 4.79 Å². The first kappa shape index (κ1) is 13.4. The number of nitrogens with one attached hydrogen (secondary N) is 1.